The van der Waals surface area contributed by atoms with Crippen molar-refractivity contribution in [1.29, 1.82) is 0 Å². The third-order valence-corrected chi connectivity index (χ3v) is 6.42. The third-order valence-electron chi connectivity index (χ3n) is 6.42. The van der Waals surface area contributed by atoms with Gasteiger partial charge in [0.25, 0.3) is 5.69 Å². The zero-order valence-electron chi connectivity index (χ0n) is 28.6. The van der Waals surface area contributed by atoms with Crippen molar-refractivity contribution in [3.8, 4) is 23.7 Å². The maximum absolute atomic E-state index is 12.5. The van der Waals surface area contributed by atoms with Crippen LogP contribution in [0.2, 0.25) is 0 Å². The molecule has 0 aliphatic rings. The number of rotatable bonds is 21. The highest BCUT2D eigenvalue weighted by atomic mass is 16.6. The van der Waals surface area contributed by atoms with E-state index >= 15 is 0 Å². The van der Waals surface area contributed by atoms with Crippen molar-refractivity contribution in [3.63, 3.8) is 0 Å². The molecule has 3 aromatic rings. The van der Waals surface area contributed by atoms with Crippen LogP contribution < -0.4 is 0 Å². The first kappa shape index (κ1) is 40.2. The quantitative estimate of drug-likeness (QED) is 0.0521. The largest absolute Gasteiger partial charge is 0.460 e. The maximum Gasteiger partial charge on any atom is 0.338 e. The van der Waals surface area contributed by atoms with Crippen molar-refractivity contribution in [2.45, 2.75) is 0 Å². The summed E-state index contributed by atoms with van der Waals surface area (Å²) in [6.45, 7) is 4.03. The molecule has 1 heterocycles. The monoisotopic (exact) mass is 704 g/mol. The van der Waals surface area contributed by atoms with Gasteiger partial charge in [0, 0.05) is 25.3 Å². The summed E-state index contributed by atoms with van der Waals surface area (Å²) >= 11 is 0. The van der Waals surface area contributed by atoms with Crippen LogP contribution in [0, 0.1) is 33.8 Å². The fraction of sp³-hybridized carbons (Fsp3) is 0.378. The molecule has 1 aromatic heterocycles. The first-order chi connectivity index (χ1) is 24.9. The Morgan fingerprint density at radius 2 is 0.980 bits per heavy atom. The highest BCUT2D eigenvalue weighted by Gasteiger charge is 2.11. The minimum Gasteiger partial charge on any atom is -0.460 e. The van der Waals surface area contributed by atoms with Crippen molar-refractivity contribution < 1.29 is 52.4 Å². The van der Waals surface area contributed by atoms with Gasteiger partial charge < -0.3 is 37.9 Å². The van der Waals surface area contributed by atoms with Gasteiger partial charge in [0.15, 0.2) is 0 Å². The first-order valence-corrected chi connectivity index (χ1v) is 15.9. The Morgan fingerprint density at radius 3 is 1.37 bits per heavy atom. The Morgan fingerprint density at radius 1 is 0.588 bits per heavy atom. The van der Waals surface area contributed by atoms with Gasteiger partial charge in [-0.1, -0.05) is 24.0 Å². The lowest BCUT2D eigenvalue weighted by Gasteiger charge is -2.07. The molecule has 51 heavy (non-hydrogen) atoms. The Labute approximate surface area is 296 Å². The first-order valence-electron chi connectivity index (χ1n) is 15.9. The molecule has 0 bridgehead atoms. The second-order valence-corrected chi connectivity index (χ2v) is 10.2. The van der Waals surface area contributed by atoms with E-state index in [9.17, 15) is 19.7 Å². The predicted molar refractivity (Wildman–Crippen MR) is 183 cm³/mol. The molecule has 0 saturated carbocycles. The number of aromatic nitrogens is 1. The van der Waals surface area contributed by atoms with Crippen LogP contribution in [0.1, 0.15) is 43.2 Å². The summed E-state index contributed by atoms with van der Waals surface area (Å²) in [5.41, 5.74) is 1.45. The average molecular weight is 705 g/mol. The van der Waals surface area contributed by atoms with Crippen molar-refractivity contribution >= 4 is 17.6 Å². The Balaban J connectivity index is 1.57. The smallest absolute Gasteiger partial charge is 0.338 e. The summed E-state index contributed by atoms with van der Waals surface area (Å²) < 4.78 is 41.7. The van der Waals surface area contributed by atoms with Crippen molar-refractivity contribution in [2.24, 2.45) is 0 Å². The number of nitrogens with zero attached hydrogens (tertiary/aromatic N) is 2. The van der Waals surface area contributed by atoms with Crippen LogP contribution in [0.25, 0.3) is 0 Å². The summed E-state index contributed by atoms with van der Waals surface area (Å²) in [5, 5.41) is 11.6. The zero-order chi connectivity index (χ0) is 36.5. The molecule has 0 aliphatic carbocycles. The SMILES string of the molecule is COCCOCCOCCOC(=O)c1cccc(C#Cc2cc([N+](=O)[O-])cc(C#Cc3cccc(C(=O)OCCOCCOCCOC)c3)n2)c1. The number of benzene rings is 2. The molecular formula is C37H40N2O12. The Bertz CT molecular complexity index is 1580. The van der Waals surface area contributed by atoms with Crippen LogP contribution in [0.5, 0.6) is 0 Å². The Kier molecular flexibility index (Phi) is 19.0. The van der Waals surface area contributed by atoms with E-state index in [2.05, 4.69) is 28.7 Å². The summed E-state index contributed by atoms with van der Waals surface area (Å²) in [7, 11) is 3.18. The van der Waals surface area contributed by atoms with E-state index in [1.165, 1.54) is 12.1 Å². The van der Waals surface area contributed by atoms with Crippen LogP contribution in [0.15, 0.2) is 60.7 Å². The molecular weight excluding hydrogens is 664 g/mol. The van der Waals surface area contributed by atoms with E-state index in [1.54, 1.807) is 62.8 Å². The number of hydrogen-bond donors (Lipinski definition) is 0. The van der Waals surface area contributed by atoms with E-state index in [0.29, 0.717) is 64.0 Å². The molecule has 0 spiro atoms. The van der Waals surface area contributed by atoms with Crippen LogP contribution in [0.4, 0.5) is 5.69 Å². The van der Waals surface area contributed by atoms with Crippen molar-refractivity contribution in [2.75, 3.05) is 93.5 Å². The topological polar surface area (TPSA) is 164 Å². The molecule has 0 saturated heterocycles. The van der Waals surface area contributed by atoms with E-state index in [0.717, 1.165) is 0 Å². The highest BCUT2D eigenvalue weighted by Crippen LogP contribution is 2.15. The van der Waals surface area contributed by atoms with E-state index in [1.807, 2.05) is 0 Å². The van der Waals surface area contributed by atoms with Crippen LogP contribution in [-0.2, 0) is 37.9 Å². The number of nitro groups is 1. The zero-order valence-corrected chi connectivity index (χ0v) is 28.6. The molecule has 0 fully saturated rings. The summed E-state index contributed by atoms with van der Waals surface area (Å²) in [6.07, 6.45) is 0. The molecule has 2 aromatic carbocycles. The molecule has 14 nitrogen and oxygen atoms in total. The summed E-state index contributed by atoms with van der Waals surface area (Å²) in [6, 6.07) is 15.4. The second kappa shape index (κ2) is 24.0. The minimum absolute atomic E-state index is 0.0606. The fourth-order valence-electron chi connectivity index (χ4n) is 3.95. The standard InChI is InChI=1S/C37H40N2O12/c1-44-13-15-46-17-19-48-21-23-50-36(40)31-7-3-5-29(25-31)9-11-33-27-35(39(42)43)28-34(38-33)12-10-30-6-4-8-32(26-30)37(41)51-24-22-49-20-18-47-16-14-45-2/h3-8,25-28H,13-24H2,1-2H3. The summed E-state index contributed by atoms with van der Waals surface area (Å²) in [4.78, 5) is 40.4. The van der Waals surface area contributed by atoms with Gasteiger partial charge >= 0.3 is 11.9 Å². The normalized spacial score (nSPS) is 10.4. The third kappa shape index (κ3) is 16.4. The molecule has 14 heteroatoms. The molecule has 0 atom stereocenters. The van der Waals surface area contributed by atoms with Gasteiger partial charge in [0.1, 0.15) is 24.6 Å². The van der Waals surface area contributed by atoms with Gasteiger partial charge in [-0.15, -0.1) is 0 Å². The number of ether oxygens (including phenoxy) is 8. The predicted octanol–water partition coefficient (Wildman–Crippen LogP) is 3.46. The molecule has 270 valence electrons. The van der Waals surface area contributed by atoms with E-state index in [4.69, 9.17) is 37.9 Å². The maximum atomic E-state index is 12.5. The molecule has 3 rings (SSSR count). The average Bonchev–Trinajstić information content (AvgIpc) is 3.15. The number of carbonyl (C=O) groups excluding carboxylic acids is 2. The van der Waals surface area contributed by atoms with Crippen LogP contribution >= 0.6 is 0 Å². The van der Waals surface area contributed by atoms with E-state index < -0.39 is 16.9 Å². The molecule has 0 radical (unpaired) electrons. The lowest BCUT2D eigenvalue weighted by molar-refractivity contribution is -0.385. The minimum atomic E-state index is -0.568. The van der Waals surface area contributed by atoms with Gasteiger partial charge in [-0.05, 0) is 48.2 Å². The number of carbonyl (C=O) groups is 2. The summed E-state index contributed by atoms with van der Waals surface area (Å²) in [5.74, 6) is 10.3. The van der Waals surface area contributed by atoms with Crippen LogP contribution in [-0.4, -0.2) is 115 Å². The second-order valence-electron chi connectivity index (χ2n) is 10.2. The number of pyridine rings is 1. The van der Waals surface area contributed by atoms with E-state index in [-0.39, 0.29) is 54.6 Å². The molecule has 0 unspecified atom stereocenters. The van der Waals surface area contributed by atoms with Gasteiger partial charge in [-0.2, -0.15) is 0 Å². The number of methoxy groups -OCH3 is 2. The van der Waals surface area contributed by atoms with Crippen molar-refractivity contribution in [1.82, 2.24) is 4.98 Å². The van der Waals surface area contributed by atoms with Gasteiger partial charge in [0.2, 0.25) is 0 Å². The lowest BCUT2D eigenvalue weighted by atomic mass is 10.1. The van der Waals surface area contributed by atoms with Crippen molar-refractivity contribution in [3.05, 3.63) is 104 Å². The number of esters is 2. The molecule has 0 amide bonds. The van der Waals surface area contributed by atoms with Crippen LogP contribution in [0.3, 0.4) is 0 Å². The van der Waals surface area contributed by atoms with Gasteiger partial charge in [0.05, 0.1) is 94.3 Å². The molecule has 0 aliphatic heterocycles. The van der Waals surface area contributed by atoms with Gasteiger partial charge in [-0.25, -0.2) is 14.6 Å². The fourth-order valence-corrected chi connectivity index (χ4v) is 3.95. The highest BCUT2D eigenvalue weighted by molar-refractivity contribution is 5.90. The lowest BCUT2D eigenvalue weighted by Crippen LogP contribution is -2.14. The molecule has 0 N–H and O–H groups in total. The number of hydrogen-bond acceptors (Lipinski definition) is 13. The Hall–Kier alpha value is -5.19. The van der Waals surface area contributed by atoms with Gasteiger partial charge in [-0.3, -0.25) is 10.1 Å².